The van der Waals surface area contributed by atoms with Gasteiger partial charge in [0.2, 0.25) is 0 Å². The van der Waals surface area contributed by atoms with Crippen LogP contribution in [0, 0.1) is 6.92 Å². The molecule has 0 aliphatic carbocycles. The lowest BCUT2D eigenvalue weighted by atomic mass is 10.1. The number of imidazole rings is 1. The van der Waals surface area contributed by atoms with E-state index in [0.717, 1.165) is 36.7 Å². The van der Waals surface area contributed by atoms with Crippen LogP contribution in [-0.2, 0) is 11.3 Å². The number of hydrogen-bond acceptors (Lipinski definition) is 4. The van der Waals surface area contributed by atoms with Gasteiger partial charge >= 0.3 is 0 Å². The minimum absolute atomic E-state index is 0.391. The van der Waals surface area contributed by atoms with Crippen LogP contribution >= 0.6 is 0 Å². The summed E-state index contributed by atoms with van der Waals surface area (Å²) in [5.74, 6) is 0.391. The molecule has 4 rings (SSSR count). The summed E-state index contributed by atoms with van der Waals surface area (Å²) in [7, 11) is 0. The summed E-state index contributed by atoms with van der Waals surface area (Å²) >= 11 is 0. The Labute approximate surface area is 122 Å². The molecule has 0 bridgehead atoms. The Bertz CT molecular complexity index is 769. The first kappa shape index (κ1) is 12.5. The SMILES string of the molecule is Cc1ccc2nc(Cn3cc([C@@H]4CCOC4)nn3)cn2c1. The molecule has 3 aromatic rings. The van der Waals surface area contributed by atoms with Gasteiger partial charge in [0, 0.05) is 31.1 Å². The molecule has 1 aliphatic heterocycles. The van der Waals surface area contributed by atoms with E-state index in [1.807, 2.05) is 27.5 Å². The van der Waals surface area contributed by atoms with Gasteiger partial charge in [-0.2, -0.15) is 0 Å². The second kappa shape index (κ2) is 4.96. The number of fused-ring (bicyclic) bond motifs is 1. The van der Waals surface area contributed by atoms with Gasteiger partial charge < -0.3 is 9.14 Å². The van der Waals surface area contributed by atoms with Gasteiger partial charge in [0.25, 0.3) is 0 Å². The summed E-state index contributed by atoms with van der Waals surface area (Å²) in [6.45, 7) is 4.30. The largest absolute Gasteiger partial charge is 0.381 e. The van der Waals surface area contributed by atoms with E-state index in [1.54, 1.807) is 0 Å². The van der Waals surface area contributed by atoms with Gasteiger partial charge in [0.05, 0.1) is 24.5 Å². The summed E-state index contributed by atoms with van der Waals surface area (Å²) in [6, 6.07) is 4.10. The van der Waals surface area contributed by atoms with Crippen LogP contribution in [0.5, 0.6) is 0 Å². The maximum absolute atomic E-state index is 5.40. The van der Waals surface area contributed by atoms with Crippen LogP contribution in [0.4, 0.5) is 0 Å². The Balaban J connectivity index is 1.56. The second-order valence-electron chi connectivity index (χ2n) is 5.61. The van der Waals surface area contributed by atoms with Crippen molar-refractivity contribution in [2.75, 3.05) is 13.2 Å². The molecule has 1 saturated heterocycles. The Morgan fingerprint density at radius 1 is 1.29 bits per heavy atom. The summed E-state index contributed by atoms with van der Waals surface area (Å²) in [4.78, 5) is 4.61. The number of rotatable bonds is 3. The molecule has 6 heteroatoms. The first-order valence-electron chi connectivity index (χ1n) is 7.20. The Kier molecular flexibility index (Phi) is 2.96. The third-order valence-corrected chi connectivity index (χ3v) is 3.88. The summed E-state index contributed by atoms with van der Waals surface area (Å²) in [5, 5.41) is 8.47. The second-order valence-corrected chi connectivity index (χ2v) is 5.61. The van der Waals surface area contributed by atoms with E-state index < -0.39 is 0 Å². The topological polar surface area (TPSA) is 57.2 Å². The van der Waals surface area contributed by atoms with Crippen molar-refractivity contribution in [3.63, 3.8) is 0 Å². The minimum Gasteiger partial charge on any atom is -0.381 e. The first-order valence-corrected chi connectivity index (χ1v) is 7.20. The summed E-state index contributed by atoms with van der Waals surface area (Å²) < 4.78 is 9.30. The zero-order valence-electron chi connectivity index (χ0n) is 11.9. The zero-order chi connectivity index (χ0) is 14.2. The lowest BCUT2D eigenvalue weighted by Gasteiger charge is -1.99. The Morgan fingerprint density at radius 2 is 2.24 bits per heavy atom. The number of ether oxygens (including phenoxy) is 1. The quantitative estimate of drug-likeness (QED) is 0.735. The van der Waals surface area contributed by atoms with E-state index >= 15 is 0 Å². The van der Waals surface area contributed by atoms with Gasteiger partial charge in [0.15, 0.2) is 0 Å². The molecule has 0 spiro atoms. The highest BCUT2D eigenvalue weighted by molar-refractivity contribution is 5.41. The average Bonchev–Trinajstić information content (AvgIpc) is 3.16. The van der Waals surface area contributed by atoms with Crippen molar-refractivity contribution in [3.8, 4) is 0 Å². The van der Waals surface area contributed by atoms with Crippen molar-refractivity contribution in [2.24, 2.45) is 0 Å². The smallest absolute Gasteiger partial charge is 0.137 e. The molecule has 0 amide bonds. The van der Waals surface area contributed by atoms with E-state index in [-0.39, 0.29) is 0 Å². The van der Waals surface area contributed by atoms with Gasteiger partial charge in [0.1, 0.15) is 5.65 Å². The van der Waals surface area contributed by atoms with Crippen LogP contribution in [0.1, 0.15) is 29.3 Å². The average molecular weight is 283 g/mol. The van der Waals surface area contributed by atoms with Crippen LogP contribution in [0.3, 0.4) is 0 Å². The van der Waals surface area contributed by atoms with E-state index in [4.69, 9.17) is 4.74 Å². The van der Waals surface area contributed by atoms with Gasteiger partial charge in [-0.3, -0.25) is 0 Å². The maximum atomic E-state index is 5.40. The summed E-state index contributed by atoms with van der Waals surface area (Å²) in [5.41, 5.74) is 4.18. The molecule has 0 radical (unpaired) electrons. The molecule has 1 atom stereocenters. The number of aryl methyl sites for hydroxylation is 1. The number of hydrogen-bond donors (Lipinski definition) is 0. The molecule has 3 aromatic heterocycles. The first-order chi connectivity index (χ1) is 10.3. The van der Waals surface area contributed by atoms with Gasteiger partial charge in [-0.05, 0) is 25.0 Å². The van der Waals surface area contributed by atoms with Crippen LogP contribution in [0.2, 0.25) is 0 Å². The number of aromatic nitrogens is 5. The fourth-order valence-electron chi connectivity index (χ4n) is 2.74. The molecule has 4 heterocycles. The molecule has 6 nitrogen and oxygen atoms in total. The standard InChI is InChI=1S/C15H17N5O/c1-11-2-3-15-16-13(7-19(15)6-11)8-20-9-14(17-18-20)12-4-5-21-10-12/h2-3,6-7,9,12H,4-5,8,10H2,1H3/t12-/m1/s1. The Hall–Kier alpha value is -2.21. The van der Waals surface area contributed by atoms with E-state index in [1.165, 1.54) is 5.56 Å². The van der Waals surface area contributed by atoms with Crippen molar-refractivity contribution in [3.05, 3.63) is 47.7 Å². The molecular formula is C15H17N5O. The fraction of sp³-hybridized carbons (Fsp3) is 0.400. The van der Waals surface area contributed by atoms with E-state index in [9.17, 15) is 0 Å². The third kappa shape index (κ3) is 2.42. The number of nitrogens with zero attached hydrogens (tertiary/aromatic N) is 5. The molecule has 0 unspecified atom stereocenters. The highest BCUT2D eigenvalue weighted by Crippen LogP contribution is 2.22. The van der Waals surface area contributed by atoms with Gasteiger partial charge in [-0.25, -0.2) is 9.67 Å². The van der Waals surface area contributed by atoms with Gasteiger partial charge in [-0.15, -0.1) is 5.10 Å². The molecule has 1 aliphatic rings. The van der Waals surface area contributed by atoms with E-state index in [0.29, 0.717) is 12.5 Å². The van der Waals surface area contributed by atoms with Crippen molar-refractivity contribution in [1.29, 1.82) is 0 Å². The monoisotopic (exact) mass is 283 g/mol. The summed E-state index contributed by atoms with van der Waals surface area (Å²) in [6.07, 6.45) is 7.16. The highest BCUT2D eigenvalue weighted by atomic mass is 16.5. The molecule has 108 valence electrons. The van der Waals surface area contributed by atoms with Crippen LogP contribution in [-0.4, -0.2) is 37.6 Å². The molecule has 1 fully saturated rings. The lowest BCUT2D eigenvalue weighted by Crippen LogP contribution is -2.00. The normalized spacial score (nSPS) is 18.6. The van der Waals surface area contributed by atoms with Crippen molar-refractivity contribution in [2.45, 2.75) is 25.8 Å². The lowest BCUT2D eigenvalue weighted by molar-refractivity contribution is 0.193. The molecule has 0 saturated carbocycles. The molecule has 0 N–H and O–H groups in total. The van der Waals surface area contributed by atoms with Crippen LogP contribution in [0.25, 0.3) is 5.65 Å². The fourth-order valence-corrected chi connectivity index (χ4v) is 2.74. The highest BCUT2D eigenvalue weighted by Gasteiger charge is 2.20. The Morgan fingerprint density at radius 3 is 3.10 bits per heavy atom. The predicted molar refractivity (Wildman–Crippen MR) is 77.2 cm³/mol. The predicted octanol–water partition coefficient (Wildman–Crippen LogP) is 1.79. The third-order valence-electron chi connectivity index (χ3n) is 3.88. The van der Waals surface area contributed by atoms with Crippen molar-refractivity contribution in [1.82, 2.24) is 24.4 Å². The van der Waals surface area contributed by atoms with Gasteiger partial charge in [-0.1, -0.05) is 11.3 Å². The molecular weight excluding hydrogens is 266 g/mol. The molecule has 21 heavy (non-hydrogen) atoms. The van der Waals surface area contributed by atoms with Crippen LogP contribution < -0.4 is 0 Å². The minimum atomic E-state index is 0.391. The van der Waals surface area contributed by atoms with Crippen LogP contribution in [0.15, 0.2) is 30.7 Å². The van der Waals surface area contributed by atoms with E-state index in [2.05, 4.69) is 34.5 Å². The maximum Gasteiger partial charge on any atom is 0.137 e. The zero-order valence-corrected chi connectivity index (χ0v) is 11.9. The van der Waals surface area contributed by atoms with Crippen molar-refractivity contribution < 1.29 is 4.74 Å². The number of pyridine rings is 1. The van der Waals surface area contributed by atoms with Crippen molar-refractivity contribution >= 4 is 5.65 Å². The molecule has 0 aromatic carbocycles.